The fourth-order valence-corrected chi connectivity index (χ4v) is 3.24. The van der Waals surface area contributed by atoms with Gasteiger partial charge in [0.15, 0.2) is 11.5 Å². The maximum absolute atomic E-state index is 13.0. The van der Waals surface area contributed by atoms with E-state index in [1.807, 2.05) is 30.3 Å². The quantitative estimate of drug-likeness (QED) is 0.692. The van der Waals surface area contributed by atoms with Crippen LogP contribution in [0.3, 0.4) is 0 Å². The van der Waals surface area contributed by atoms with Crippen molar-refractivity contribution >= 4 is 17.4 Å². The van der Waals surface area contributed by atoms with E-state index in [9.17, 15) is 19.1 Å². The second-order valence-electron chi connectivity index (χ2n) is 6.64. The van der Waals surface area contributed by atoms with Gasteiger partial charge in [-0.2, -0.15) is 0 Å². The maximum Gasteiger partial charge on any atom is 0.297 e. The summed E-state index contributed by atoms with van der Waals surface area (Å²) < 4.78 is 14.3. The number of hydrogen-bond acceptors (Lipinski definition) is 4. The van der Waals surface area contributed by atoms with E-state index in [1.54, 1.807) is 18.2 Å². The fraction of sp³-hybridized carbons (Fsp3) is 0.136. The third-order valence-electron chi connectivity index (χ3n) is 4.77. The third-order valence-corrected chi connectivity index (χ3v) is 4.77. The molecule has 0 bridgehead atoms. The van der Waals surface area contributed by atoms with E-state index in [2.05, 4.69) is 4.98 Å². The largest absolute Gasteiger partial charge is 0.501 e. The maximum atomic E-state index is 13.0. The molecule has 0 saturated carbocycles. The van der Waals surface area contributed by atoms with Crippen LogP contribution in [0.4, 0.5) is 4.39 Å². The number of aryl methyl sites for hydroxylation is 1. The van der Waals surface area contributed by atoms with E-state index in [0.717, 1.165) is 16.7 Å². The first-order valence-electron chi connectivity index (χ1n) is 8.90. The molecule has 6 heteroatoms. The second kappa shape index (κ2) is 7.23. The van der Waals surface area contributed by atoms with Crippen LogP contribution in [0.2, 0.25) is 0 Å². The molecule has 5 nitrogen and oxygen atoms in total. The monoisotopic (exact) mass is 376 g/mol. The lowest BCUT2D eigenvalue weighted by Gasteiger charge is -2.08. The van der Waals surface area contributed by atoms with Gasteiger partial charge in [-0.05, 0) is 41.3 Å². The van der Waals surface area contributed by atoms with Crippen molar-refractivity contribution in [1.82, 2.24) is 9.55 Å². The van der Waals surface area contributed by atoms with E-state index in [0.29, 0.717) is 18.8 Å². The number of aromatic nitrogens is 2. The Kier molecular flexibility index (Phi) is 4.61. The van der Waals surface area contributed by atoms with E-state index in [4.69, 9.17) is 0 Å². The molecule has 0 unspecified atom stereocenters. The lowest BCUT2D eigenvalue weighted by molar-refractivity contribution is 0.0974. The molecule has 1 N–H and O–H groups in total. The molecule has 4 rings (SSSR count). The molecular formula is C22H17FN2O3. The molecule has 1 aliphatic rings. The van der Waals surface area contributed by atoms with Crippen molar-refractivity contribution < 1.29 is 14.3 Å². The molecule has 140 valence electrons. The van der Waals surface area contributed by atoms with Gasteiger partial charge in [0.25, 0.3) is 5.56 Å². The van der Waals surface area contributed by atoms with E-state index in [-0.39, 0.29) is 17.9 Å². The van der Waals surface area contributed by atoms with Crippen LogP contribution in [0.25, 0.3) is 11.6 Å². The summed E-state index contributed by atoms with van der Waals surface area (Å²) in [7, 11) is 0. The van der Waals surface area contributed by atoms with Crippen LogP contribution >= 0.6 is 0 Å². The number of halogens is 1. The lowest BCUT2D eigenvalue weighted by Crippen LogP contribution is -2.24. The van der Waals surface area contributed by atoms with Gasteiger partial charge < -0.3 is 5.11 Å². The van der Waals surface area contributed by atoms with Crippen molar-refractivity contribution in [3.63, 3.8) is 0 Å². The Morgan fingerprint density at radius 3 is 2.54 bits per heavy atom. The van der Waals surface area contributed by atoms with E-state index < -0.39 is 17.1 Å². The van der Waals surface area contributed by atoms with Crippen LogP contribution in [0.15, 0.2) is 59.4 Å². The van der Waals surface area contributed by atoms with E-state index >= 15 is 0 Å². The van der Waals surface area contributed by atoms with Crippen molar-refractivity contribution in [2.45, 2.75) is 19.4 Å². The van der Waals surface area contributed by atoms with Crippen molar-refractivity contribution in [3.8, 4) is 5.75 Å². The van der Waals surface area contributed by atoms with Gasteiger partial charge in [-0.1, -0.05) is 42.5 Å². The topological polar surface area (TPSA) is 72.2 Å². The standard InChI is InChI=1S/C22H17FN2O3/c23-17-9-6-14(7-10-17)8-11-18(26)20-21(27)22(28)25-13-16(12-19(25)24-20)15-4-2-1-3-5-15/h1-7,9-10,12,27H,8,11,13H2. The highest BCUT2D eigenvalue weighted by atomic mass is 19.1. The van der Waals surface area contributed by atoms with Crippen LogP contribution in [0.1, 0.15) is 33.9 Å². The SMILES string of the molecule is O=C(CCc1ccc(F)cc1)c1nc2n(c(=O)c1O)CC(c1ccccc1)=C2. The molecule has 28 heavy (non-hydrogen) atoms. The summed E-state index contributed by atoms with van der Waals surface area (Å²) in [5, 5.41) is 10.2. The number of aromatic hydroxyl groups is 1. The van der Waals surface area contributed by atoms with Crippen LogP contribution in [-0.2, 0) is 13.0 Å². The Labute approximate surface area is 160 Å². The Bertz CT molecular complexity index is 1130. The molecule has 0 fully saturated rings. The van der Waals surface area contributed by atoms with Crippen molar-refractivity contribution in [2.75, 3.05) is 0 Å². The first kappa shape index (κ1) is 17.9. The fourth-order valence-electron chi connectivity index (χ4n) is 3.24. The van der Waals surface area contributed by atoms with E-state index in [1.165, 1.54) is 16.7 Å². The highest BCUT2D eigenvalue weighted by Gasteiger charge is 2.24. The lowest BCUT2D eigenvalue weighted by atomic mass is 10.1. The summed E-state index contributed by atoms with van der Waals surface area (Å²) in [6, 6.07) is 15.4. The highest BCUT2D eigenvalue weighted by Crippen LogP contribution is 2.26. The Hall–Kier alpha value is -3.54. The van der Waals surface area contributed by atoms with Gasteiger partial charge in [-0.15, -0.1) is 0 Å². The summed E-state index contributed by atoms with van der Waals surface area (Å²) in [5.74, 6) is -1.05. The van der Waals surface area contributed by atoms with Gasteiger partial charge in [0.05, 0.1) is 6.54 Å². The van der Waals surface area contributed by atoms with Crippen molar-refractivity contribution in [3.05, 3.63) is 93.4 Å². The third kappa shape index (κ3) is 3.36. The van der Waals surface area contributed by atoms with Crippen molar-refractivity contribution in [1.29, 1.82) is 0 Å². The minimum atomic E-state index is -0.629. The smallest absolute Gasteiger partial charge is 0.297 e. The minimum absolute atomic E-state index is 0.0599. The molecule has 2 aromatic carbocycles. The molecule has 0 radical (unpaired) electrons. The van der Waals surface area contributed by atoms with Crippen LogP contribution in [0.5, 0.6) is 5.75 Å². The van der Waals surface area contributed by atoms with Gasteiger partial charge in [0.1, 0.15) is 11.6 Å². The number of benzene rings is 2. The Morgan fingerprint density at radius 2 is 1.82 bits per heavy atom. The number of rotatable bonds is 5. The van der Waals surface area contributed by atoms with Gasteiger partial charge in [-0.3, -0.25) is 14.2 Å². The summed E-state index contributed by atoms with van der Waals surface area (Å²) >= 11 is 0. The van der Waals surface area contributed by atoms with Crippen molar-refractivity contribution in [2.24, 2.45) is 0 Å². The highest BCUT2D eigenvalue weighted by molar-refractivity contribution is 5.97. The average Bonchev–Trinajstić information content (AvgIpc) is 3.15. The normalized spacial score (nSPS) is 12.5. The number of ketones is 1. The van der Waals surface area contributed by atoms with Gasteiger partial charge >= 0.3 is 0 Å². The molecule has 0 aliphatic carbocycles. The molecule has 0 spiro atoms. The molecule has 0 saturated heterocycles. The average molecular weight is 376 g/mol. The predicted octanol–water partition coefficient (Wildman–Crippen LogP) is 3.46. The molecule has 1 aliphatic heterocycles. The van der Waals surface area contributed by atoms with Gasteiger partial charge in [0.2, 0.25) is 5.75 Å². The number of hydrogen-bond donors (Lipinski definition) is 1. The van der Waals surface area contributed by atoms with Crippen LogP contribution < -0.4 is 5.56 Å². The number of allylic oxidation sites excluding steroid dienone is 1. The number of nitrogens with zero attached hydrogens (tertiary/aromatic N) is 2. The van der Waals surface area contributed by atoms with Gasteiger partial charge in [0, 0.05) is 6.42 Å². The molecule has 3 aromatic rings. The second-order valence-corrected chi connectivity index (χ2v) is 6.64. The zero-order valence-corrected chi connectivity index (χ0v) is 14.9. The van der Waals surface area contributed by atoms with Gasteiger partial charge in [-0.25, -0.2) is 9.37 Å². The minimum Gasteiger partial charge on any atom is -0.501 e. The summed E-state index contributed by atoms with van der Waals surface area (Å²) in [6.07, 6.45) is 2.18. The molecule has 1 aromatic heterocycles. The Balaban J connectivity index is 1.59. The molecular weight excluding hydrogens is 359 g/mol. The summed E-state index contributed by atoms with van der Waals surface area (Å²) in [4.78, 5) is 29.3. The number of carbonyl (C=O) groups excluding carboxylic acids is 1. The van der Waals surface area contributed by atoms with Crippen LogP contribution in [0, 0.1) is 5.82 Å². The predicted molar refractivity (Wildman–Crippen MR) is 104 cm³/mol. The number of Topliss-reactive ketones (excluding diaryl/α,β-unsaturated/α-hetero) is 1. The summed E-state index contributed by atoms with van der Waals surface area (Å²) in [6.45, 7) is 0.294. The molecule has 2 heterocycles. The number of fused-ring (bicyclic) bond motifs is 1. The van der Waals surface area contributed by atoms with Crippen LogP contribution in [-0.4, -0.2) is 20.4 Å². The molecule has 0 amide bonds. The summed E-state index contributed by atoms with van der Waals surface area (Å²) in [5.41, 5.74) is 1.79. The zero-order chi connectivity index (χ0) is 19.7. The first-order valence-corrected chi connectivity index (χ1v) is 8.90. The first-order chi connectivity index (χ1) is 13.5. The zero-order valence-electron chi connectivity index (χ0n) is 14.9. The Morgan fingerprint density at radius 1 is 1.11 bits per heavy atom. The number of carbonyl (C=O) groups is 1. The molecule has 0 atom stereocenters.